The molecule has 1 amide bonds. The molecule has 1 N–H and O–H groups in total. The minimum atomic E-state index is -0.0362. The summed E-state index contributed by atoms with van der Waals surface area (Å²) in [5.74, 6) is 0.999. The van der Waals surface area contributed by atoms with Gasteiger partial charge in [-0.15, -0.1) is 0 Å². The normalized spacial score (nSPS) is 20.2. The van der Waals surface area contributed by atoms with Crippen LogP contribution in [0.1, 0.15) is 37.8 Å². The number of nitrogens with zero attached hydrogens (tertiary/aromatic N) is 1. The lowest BCUT2D eigenvalue weighted by Gasteiger charge is -2.32. The van der Waals surface area contributed by atoms with Crippen molar-refractivity contribution in [1.82, 2.24) is 10.2 Å². The van der Waals surface area contributed by atoms with Gasteiger partial charge in [0.25, 0.3) is 0 Å². The Labute approximate surface area is 121 Å². The Morgan fingerprint density at radius 1 is 1.40 bits per heavy atom. The van der Waals surface area contributed by atoms with Gasteiger partial charge in [0.15, 0.2) is 0 Å². The molecule has 0 radical (unpaired) electrons. The van der Waals surface area contributed by atoms with Crippen molar-refractivity contribution in [3.63, 3.8) is 0 Å². The van der Waals surface area contributed by atoms with Gasteiger partial charge in [0, 0.05) is 12.6 Å². The molecule has 1 heterocycles. The number of ether oxygens (including phenoxy) is 1. The van der Waals surface area contributed by atoms with Crippen LogP contribution in [0, 0.1) is 0 Å². The van der Waals surface area contributed by atoms with Crippen LogP contribution in [0.15, 0.2) is 24.3 Å². The van der Waals surface area contributed by atoms with Crippen LogP contribution >= 0.6 is 0 Å². The molecule has 0 saturated carbocycles. The lowest BCUT2D eigenvalue weighted by atomic mass is 10.0. The zero-order valence-corrected chi connectivity index (χ0v) is 12.6. The van der Waals surface area contributed by atoms with E-state index in [1.807, 2.05) is 43.1 Å². The van der Waals surface area contributed by atoms with Gasteiger partial charge in [-0.3, -0.25) is 4.79 Å². The maximum Gasteiger partial charge on any atom is 0.239 e. The van der Waals surface area contributed by atoms with Gasteiger partial charge in [0.2, 0.25) is 5.91 Å². The molecule has 110 valence electrons. The number of carbonyl (C=O) groups is 1. The number of amides is 1. The van der Waals surface area contributed by atoms with Crippen LogP contribution in [-0.2, 0) is 4.79 Å². The Morgan fingerprint density at radius 3 is 2.80 bits per heavy atom. The van der Waals surface area contributed by atoms with E-state index >= 15 is 0 Å². The first-order chi connectivity index (χ1) is 9.65. The van der Waals surface area contributed by atoms with Crippen LogP contribution in [0.3, 0.4) is 0 Å². The van der Waals surface area contributed by atoms with Crippen molar-refractivity contribution in [1.29, 1.82) is 0 Å². The van der Waals surface area contributed by atoms with Crippen molar-refractivity contribution in [3.05, 3.63) is 29.8 Å². The van der Waals surface area contributed by atoms with Gasteiger partial charge < -0.3 is 15.0 Å². The Morgan fingerprint density at radius 2 is 2.15 bits per heavy atom. The number of nitrogens with one attached hydrogen (secondary N) is 1. The Bertz CT molecular complexity index is 456. The molecule has 20 heavy (non-hydrogen) atoms. The minimum Gasteiger partial charge on any atom is -0.496 e. The van der Waals surface area contributed by atoms with Crippen molar-refractivity contribution in [3.8, 4) is 5.75 Å². The Balaban J connectivity index is 2.11. The topological polar surface area (TPSA) is 41.6 Å². The number of likely N-dealkylation sites (N-methyl/N-ethyl adjacent to an activating group) is 1. The third-order valence-electron chi connectivity index (χ3n) is 4.13. The molecule has 2 rings (SSSR count). The number of hydrogen-bond acceptors (Lipinski definition) is 3. The zero-order chi connectivity index (χ0) is 14.5. The van der Waals surface area contributed by atoms with Crippen molar-refractivity contribution in [2.45, 2.75) is 38.3 Å². The fourth-order valence-electron chi connectivity index (χ4n) is 2.72. The molecule has 0 aromatic heterocycles. The molecule has 1 saturated heterocycles. The number of rotatable bonds is 4. The van der Waals surface area contributed by atoms with E-state index in [1.165, 1.54) is 0 Å². The molecule has 1 aromatic carbocycles. The maximum absolute atomic E-state index is 12.5. The zero-order valence-electron chi connectivity index (χ0n) is 12.6. The predicted molar refractivity (Wildman–Crippen MR) is 79.8 cm³/mol. The first kappa shape index (κ1) is 14.9. The highest BCUT2D eigenvalue weighted by Gasteiger charge is 2.27. The highest BCUT2D eigenvalue weighted by molar-refractivity contribution is 5.82. The van der Waals surface area contributed by atoms with Crippen LogP contribution in [0.25, 0.3) is 0 Å². The smallest absolute Gasteiger partial charge is 0.239 e. The molecule has 2 atom stereocenters. The number of hydrogen-bond donors (Lipinski definition) is 1. The molecule has 1 unspecified atom stereocenters. The summed E-state index contributed by atoms with van der Waals surface area (Å²) in [6.07, 6.45) is 3.22. The summed E-state index contributed by atoms with van der Waals surface area (Å²) in [4.78, 5) is 14.4. The minimum absolute atomic E-state index is 0.00220. The van der Waals surface area contributed by atoms with Gasteiger partial charge >= 0.3 is 0 Å². The fourth-order valence-corrected chi connectivity index (χ4v) is 2.72. The Kier molecular flexibility index (Phi) is 5.01. The van der Waals surface area contributed by atoms with Crippen LogP contribution in [0.2, 0.25) is 0 Å². The average Bonchev–Trinajstić information content (AvgIpc) is 2.53. The fraction of sp³-hybridized carbons (Fsp3) is 0.562. The van der Waals surface area contributed by atoms with Gasteiger partial charge in [-0.25, -0.2) is 0 Å². The van der Waals surface area contributed by atoms with Crippen molar-refractivity contribution < 1.29 is 9.53 Å². The van der Waals surface area contributed by atoms with Gasteiger partial charge in [-0.2, -0.15) is 0 Å². The van der Waals surface area contributed by atoms with E-state index in [4.69, 9.17) is 4.74 Å². The van der Waals surface area contributed by atoms with E-state index in [0.717, 1.165) is 37.1 Å². The van der Waals surface area contributed by atoms with E-state index in [-0.39, 0.29) is 18.0 Å². The van der Waals surface area contributed by atoms with Gasteiger partial charge in [0.05, 0.1) is 19.2 Å². The summed E-state index contributed by atoms with van der Waals surface area (Å²) < 4.78 is 5.39. The number of carbonyl (C=O) groups excluding carboxylic acids is 1. The summed E-state index contributed by atoms with van der Waals surface area (Å²) in [5, 5.41) is 3.31. The average molecular weight is 276 g/mol. The Hall–Kier alpha value is -1.55. The summed E-state index contributed by atoms with van der Waals surface area (Å²) >= 11 is 0. The second-order valence-electron chi connectivity index (χ2n) is 5.37. The van der Waals surface area contributed by atoms with Crippen LogP contribution in [0.5, 0.6) is 5.75 Å². The van der Waals surface area contributed by atoms with Gasteiger partial charge in [0.1, 0.15) is 5.75 Å². The van der Waals surface area contributed by atoms with Gasteiger partial charge in [-0.05, 0) is 32.4 Å². The van der Waals surface area contributed by atoms with E-state index in [0.29, 0.717) is 0 Å². The SMILES string of the molecule is COc1ccccc1C(C)N(C)C(=O)[C@@H]1CCCCN1. The molecular weight excluding hydrogens is 252 g/mol. The number of methoxy groups -OCH3 is 1. The van der Waals surface area contributed by atoms with Crippen LogP contribution < -0.4 is 10.1 Å². The lowest BCUT2D eigenvalue weighted by Crippen LogP contribution is -2.47. The number of para-hydroxylation sites is 1. The monoisotopic (exact) mass is 276 g/mol. The molecule has 1 aliphatic rings. The second kappa shape index (κ2) is 6.75. The summed E-state index contributed by atoms with van der Waals surface area (Å²) in [5.41, 5.74) is 1.04. The third kappa shape index (κ3) is 3.12. The second-order valence-corrected chi connectivity index (χ2v) is 5.37. The quantitative estimate of drug-likeness (QED) is 0.918. The van der Waals surface area contributed by atoms with Crippen molar-refractivity contribution >= 4 is 5.91 Å². The standard InChI is InChI=1S/C16H24N2O2/c1-12(13-8-4-5-10-15(13)20-3)18(2)16(19)14-9-6-7-11-17-14/h4-5,8,10,12,14,17H,6-7,9,11H2,1-3H3/t12?,14-/m0/s1. The first-order valence-corrected chi connectivity index (χ1v) is 7.28. The first-order valence-electron chi connectivity index (χ1n) is 7.28. The molecule has 4 nitrogen and oxygen atoms in total. The number of piperidine rings is 1. The van der Waals surface area contributed by atoms with E-state index in [2.05, 4.69) is 5.32 Å². The van der Waals surface area contributed by atoms with Crippen LogP contribution in [-0.4, -0.2) is 37.6 Å². The largest absolute Gasteiger partial charge is 0.496 e. The molecular formula is C16H24N2O2. The highest BCUT2D eigenvalue weighted by Crippen LogP contribution is 2.28. The molecule has 1 aromatic rings. The number of benzene rings is 1. The molecule has 0 aliphatic carbocycles. The summed E-state index contributed by atoms with van der Waals surface area (Å²) in [6, 6.07) is 7.84. The summed E-state index contributed by atoms with van der Waals surface area (Å²) in [6.45, 7) is 2.98. The predicted octanol–water partition coefficient (Wildman–Crippen LogP) is 2.36. The molecule has 1 aliphatic heterocycles. The third-order valence-corrected chi connectivity index (χ3v) is 4.13. The lowest BCUT2D eigenvalue weighted by molar-refractivity contribution is -0.134. The highest BCUT2D eigenvalue weighted by atomic mass is 16.5. The van der Waals surface area contributed by atoms with Crippen molar-refractivity contribution in [2.75, 3.05) is 20.7 Å². The maximum atomic E-state index is 12.5. The molecule has 1 fully saturated rings. The van der Waals surface area contributed by atoms with E-state index < -0.39 is 0 Å². The van der Waals surface area contributed by atoms with Crippen molar-refractivity contribution in [2.24, 2.45) is 0 Å². The molecule has 0 bridgehead atoms. The molecule has 0 spiro atoms. The van der Waals surface area contributed by atoms with Gasteiger partial charge in [-0.1, -0.05) is 24.6 Å². The summed E-state index contributed by atoms with van der Waals surface area (Å²) in [7, 11) is 3.53. The van der Waals surface area contributed by atoms with E-state index in [9.17, 15) is 4.79 Å². The van der Waals surface area contributed by atoms with E-state index in [1.54, 1.807) is 7.11 Å². The molecule has 4 heteroatoms. The van der Waals surface area contributed by atoms with Crippen LogP contribution in [0.4, 0.5) is 0 Å².